The lowest BCUT2D eigenvalue weighted by Crippen LogP contribution is -2.59. The summed E-state index contributed by atoms with van der Waals surface area (Å²) >= 11 is 0. The summed E-state index contributed by atoms with van der Waals surface area (Å²) in [6.07, 6.45) is 10.3. The number of esters is 1. The summed E-state index contributed by atoms with van der Waals surface area (Å²) in [5.74, 6) is 1.90. The summed E-state index contributed by atoms with van der Waals surface area (Å²) in [6.45, 7) is 0.445. The van der Waals surface area contributed by atoms with E-state index >= 15 is 0 Å². The van der Waals surface area contributed by atoms with E-state index in [0.29, 0.717) is 24.9 Å². The van der Waals surface area contributed by atoms with Crippen LogP contribution in [0.3, 0.4) is 0 Å². The molecule has 6 bridgehead atoms. The van der Waals surface area contributed by atoms with Gasteiger partial charge in [-0.25, -0.2) is 0 Å². The quantitative estimate of drug-likeness (QED) is 0.228. The van der Waals surface area contributed by atoms with Crippen molar-refractivity contribution in [3.8, 4) is 5.75 Å². The second-order valence-corrected chi connectivity index (χ2v) is 16.6. The Balaban J connectivity index is 0.974. The van der Waals surface area contributed by atoms with Gasteiger partial charge >= 0.3 is 5.97 Å². The topological polar surface area (TPSA) is 89.9 Å². The van der Waals surface area contributed by atoms with Crippen LogP contribution in [0, 0.1) is 23.2 Å². The van der Waals surface area contributed by atoms with Gasteiger partial charge in [0.15, 0.2) is 0 Å². The van der Waals surface area contributed by atoms with Crippen LogP contribution < -0.4 is 4.74 Å². The second kappa shape index (κ2) is 9.92. The van der Waals surface area contributed by atoms with Crippen molar-refractivity contribution in [1.29, 1.82) is 0 Å². The van der Waals surface area contributed by atoms with Crippen molar-refractivity contribution in [1.82, 2.24) is 0 Å². The molecule has 0 spiro atoms. The van der Waals surface area contributed by atoms with Gasteiger partial charge in [-0.2, -0.15) is 8.42 Å². The maximum absolute atomic E-state index is 14.0. The Hall–Kier alpha value is -3.16. The summed E-state index contributed by atoms with van der Waals surface area (Å²) in [5, 5.41) is 0. The van der Waals surface area contributed by atoms with Crippen LogP contribution in [0.1, 0.15) is 103 Å². The van der Waals surface area contributed by atoms with Crippen LogP contribution >= 0.6 is 0 Å². The van der Waals surface area contributed by atoms with E-state index in [-0.39, 0.29) is 39.6 Å². The molecule has 0 heterocycles. The molecule has 11 rings (SSSR count). The molecule has 3 unspecified atom stereocenters. The monoisotopic (exact) mass is 624 g/mol. The van der Waals surface area contributed by atoms with Crippen LogP contribution in [0.25, 0.3) is 0 Å². The van der Waals surface area contributed by atoms with Gasteiger partial charge in [-0.3, -0.25) is 9.35 Å². The van der Waals surface area contributed by atoms with Gasteiger partial charge in [-0.05, 0) is 128 Å². The maximum atomic E-state index is 14.0. The van der Waals surface area contributed by atoms with Gasteiger partial charge < -0.3 is 9.47 Å². The highest BCUT2D eigenvalue weighted by Crippen LogP contribution is 2.63. The van der Waals surface area contributed by atoms with E-state index in [1.165, 1.54) is 34.7 Å². The summed E-state index contributed by atoms with van der Waals surface area (Å²) < 4.78 is 47.6. The number of carbonyl (C=O) groups excluding carboxylic acids is 1. The fourth-order valence-corrected chi connectivity index (χ4v) is 12.0. The number of ether oxygens (including phenoxy) is 2. The lowest BCUT2D eigenvalue weighted by atomic mass is 9.48. The smallest absolute Gasteiger partial charge is 0.309 e. The lowest BCUT2D eigenvalue weighted by molar-refractivity contribution is -0.181. The zero-order valence-corrected chi connectivity index (χ0v) is 26.4. The van der Waals surface area contributed by atoms with Gasteiger partial charge in [0.25, 0.3) is 10.1 Å². The van der Waals surface area contributed by atoms with E-state index in [1.54, 1.807) is 6.07 Å². The molecule has 6 nitrogen and oxygen atoms in total. The Morgan fingerprint density at radius 1 is 0.800 bits per heavy atom. The van der Waals surface area contributed by atoms with Crippen molar-refractivity contribution in [2.45, 2.75) is 93.0 Å². The molecule has 8 aliphatic carbocycles. The Morgan fingerprint density at radius 2 is 1.42 bits per heavy atom. The lowest BCUT2D eigenvalue weighted by Gasteiger charge is -2.61. The number of carbonyl (C=O) groups is 1. The van der Waals surface area contributed by atoms with Crippen molar-refractivity contribution < 1.29 is 27.2 Å². The van der Waals surface area contributed by atoms with Crippen LogP contribution in [-0.4, -0.2) is 31.1 Å². The van der Waals surface area contributed by atoms with E-state index in [4.69, 9.17) is 9.47 Å². The Kier molecular flexibility index (Phi) is 6.19. The largest absolute Gasteiger partial charge is 0.487 e. The molecule has 4 saturated carbocycles. The molecule has 45 heavy (non-hydrogen) atoms. The summed E-state index contributed by atoms with van der Waals surface area (Å²) in [7, 11) is -4.29. The fraction of sp³-hybridized carbons (Fsp3) is 0.500. The molecule has 4 fully saturated rings. The minimum atomic E-state index is -4.29. The molecule has 3 aromatic rings. The van der Waals surface area contributed by atoms with E-state index in [1.807, 2.05) is 0 Å². The van der Waals surface area contributed by atoms with E-state index in [2.05, 4.69) is 48.5 Å². The third kappa shape index (κ3) is 4.44. The molecular formula is C38H40O6S. The molecule has 234 valence electrons. The molecule has 0 aromatic heterocycles. The zero-order valence-electron chi connectivity index (χ0n) is 25.5. The highest BCUT2D eigenvalue weighted by atomic mass is 32.2. The first kappa shape index (κ1) is 28.1. The minimum Gasteiger partial charge on any atom is -0.487 e. The zero-order chi connectivity index (χ0) is 30.6. The molecule has 0 amide bonds. The SMILES string of the molecule is O=C(OCC12CC3CC(C1)CC(Oc1ccc(S(=O)(=O)O)c4c1CCCC4)(C3)C2)C1CC2c3ccccc3C1c1ccccc12. The van der Waals surface area contributed by atoms with Gasteiger partial charge in [0.2, 0.25) is 0 Å². The number of fused-ring (bicyclic) bond motifs is 2. The molecule has 3 aromatic carbocycles. The van der Waals surface area contributed by atoms with E-state index in [0.717, 1.165) is 74.7 Å². The Bertz CT molecular complexity index is 1770. The van der Waals surface area contributed by atoms with Crippen molar-refractivity contribution in [3.05, 3.63) is 94.0 Å². The van der Waals surface area contributed by atoms with Crippen molar-refractivity contribution in [3.63, 3.8) is 0 Å². The van der Waals surface area contributed by atoms with Crippen molar-refractivity contribution in [2.24, 2.45) is 23.2 Å². The third-order valence-corrected chi connectivity index (χ3v) is 13.2. The molecule has 0 radical (unpaired) electrons. The molecule has 0 aliphatic heterocycles. The molecule has 7 heteroatoms. The average Bonchev–Trinajstić information content (AvgIpc) is 3.02. The van der Waals surface area contributed by atoms with Gasteiger partial charge in [0.05, 0.1) is 17.4 Å². The van der Waals surface area contributed by atoms with Crippen LogP contribution in [-0.2, 0) is 32.5 Å². The average molecular weight is 625 g/mol. The molecule has 8 aliphatic rings. The van der Waals surface area contributed by atoms with E-state index in [9.17, 15) is 17.8 Å². The number of hydrogen-bond acceptors (Lipinski definition) is 5. The maximum Gasteiger partial charge on any atom is 0.309 e. The first-order valence-electron chi connectivity index (χ1n) is 16.9. The first-order chi connectivity index (χ1) is 21.7. The summed E-state index contributed by atoms with van der Waals surface area (Å²) in [4.78, 5) is 14.0. The van der Waals surface area contributed by atoms with Crippen LogP contribution in [0.4, 0.5) is 0 Å². The Labute approximate surface area is 265 Å². The number of hydrogen-bond donors (Lipinski definition) is 1. The standard InChI is InChI=1S/C38H40O6S/c39-36(32-16-31-25-7-1-5-11-29(25)35(32)30-12-6-2-8-26(30)31)43-22-37-17-23-15-24(18-37)20-38(19-23,21-37)44-33-13-14-34(45(40,41)42)28-10-4-3-9-27(28)33/h1-2,5-8,11-14,23-24,31-32,35H,3-4,9-10,15-22H2,(H,40,41,42). The van der Waals surface area contributed by atoms with Gasteiger partial charge in [-0.1, -0.05) is 48.5 Å². The highest BCUT2D eigenvalue weighted by Gasteiger charge is 2.60. The first-order valence-corrected chi connectivity index (χ1v) is 18.3. The predicted octanol–water partition coefficient (Wildman–Crippen LogP) is 7.37. The van der Waals surface area contributed by atoms with Gasteiger partial charge in [0, 0.05) is 17.3 Å². The molecule has 1 N–H and O–H groups in total. The number of rotatable bonds is 6. The fourth-order valence-electron chi connectivity index (χ4n) is 11.2. The second-order valence-electron chi connectivity index (χ2n) is 15.2. The third-order valence-electron chi connectivity index (χ3n) is 12.3. The molecular weight excluding hydrogens is 584 g/mol. The van der Waals surface area contributed by atoms with Gasteiger partial charge in [-0.15, -0.1) is 0 Å². The van der Waals surface area contributed by atoms with Crippen LogP contribution in [0.2, 0.25) is 0 Å². The molecule has 3 atom stereocenters. The van der Waals surface area contributed by atoms with Crippen LogP contribution in [0.15, 0.2) is 65.6 Å². The van der Waals surface area contributed by atoms with Crippen LogP contribution in [0.5, 0.6) is 5.75 Å². The van der Waals surface area contributed by atoms with Crippen molar-refractivity contribution in [2.75, 3.05) is 6.61 Å². The number of benzene rings is 3. The Morgan fingerprint density at radius 3 is 2.07 bits per heavy atom. The predicted molar refractivity (Wildman–Crippen MR) is 169 cm³/mol. The normalized spacial score (nSPS) is 33.7. The minimum absolute atomic E-state index is 0.0279. The van der Waals surface area contributed by atoms with Crippen molar-refractivity contribution >= 4 is 16.1 Å². The van der Waals surface area contributed by atoms with Gasteiger partial charge in [0.1, 0.15) is 11.4 Å². The summed E-state index contributed by atoms with van der Waals surface area (Å²) in [6, 6.07) is 20.6. The van der Waals surface area contributed by atoms with E-state index < -0.39 is 10.1 Å². The summed E-state index contributed by atoms with van der Waals surface area (Å²) in [5.41, 5.74) is 6.52. The molecule has 0 saturated heterocycles. The highest BCUT2D eigenvalue weighted by molar-refractivity contribution is 7.85.